The predicted octanol–water partition coefficient (Wildman–Crippen LogP) is -2.60. The third kappa shape index (κ3) is 5.09. The maximum Gasteiger partial charge on any atom is 0.186 e. The van der Waals surface area contributed by atoms with Gasteiger partial charge in [-0.2, -0.15) is 0 Å². The highest BCUT2D eigenvalue weighted by Crippen LogP contribution is 2.33. The first-order valence-corrected chi connectivity index (χ1v) is 10.0. The summed E-state index contributed by atoms with van der Waals surface area (Å²) < 4.78 is 16.3. The van der Waals surface area contributed by atoms with Gasteiger partial charge in [0.25, 0.3) is 0 Å². The summed E-state index contributed by atoms with van der Waals surface area (Å²) in [6, 6.07) is 9.05. The Morgan fingerprint density at radius 1 is 0.759 bits per heavy atom. The van der Waals surface area contributed by atoms with Crippen molar-refractivity contribution in [3.05, 3.63) is 30.3 Å². The molecule has 10 atom stereocenters. The number of ether oxygens (including phenoxy) is 3. The van der Waals surface area contributed by atoms with Gasteiger partial charge in [-0.1, -0.05) is 30.0 Å². The topological polar surface area (TPSA) is 169 Å². The van der Waals surface area contributed by atoms with E-state index in [-0.39, 0.29) is 6.61 Å². The van der Waals surface area contributed by atoms with Crippen LogP contribution in [-0.2, 0) is 14.2 Å². The zero-order valence-corrected chi connectivity index (χ0v) is 16.2. The van der Waals surface area contributed by atoms with Crippen LogP contribution in [0.1, 0.15) is 0 Å². The molecule has 0 radical (unpaired) electrons. The van der Waals surface area contributed by atoms with Crippen molar-refractivity contribution >= 4 is 11.8 Å². The summed E-state index contributed by atoms with van der Waals surface area (Å²) in [6.07, 6.45) is -12.6. The van der Waals surface area contributed by atoms with E-state index in [1.54, 1.807) is 12.1 Å². The fourth-order valence-electron chi connectivity index (χ4n) is 3.18. The molecule has 0 aromatic heterocycles. The number of aliphatic hydroxyl groups excluding tert-OH is 7. The van der Waals surface area contributed by atoms with Crippen molar-refractivity contribution in [2.45, 2.75) is 65.5 Å². The Bertz CT molecular complexity index is 634. The van der Waals surface area contributed by atoms with Crippen LogP contribution in [0.2, 0.25) is 0 Å². The van der Waals surface area contributed by atoms with Crippen LogP contribution in [0, 0.1) is 0 Å². The lowest BCUT2D eigenvalue weighted by molar-refractivity contribution is -0.311. The first kappa shape index (κ1) is 22.8. The van der Waals surface area contributed by atoms with Gasteiger partial charge in [0.15, 0.2) is 6.29 Å². The number of aliphatic hydroxyl groups is 7. The molecule has 0 aliphatic carbocycles. The molecule has 0 saturated carbocycles. The van der Waals surface area contributed by atoms with Gasteiger partial charge >= 0.3 is 0 Å². The normalized spacial score (nSPS) is 43.3. The second-order valence-electron chi connectivity index (χ2n) is 6.98. The molecule has 2 fully saturated rings. The highest BCUT2D eigenvalue weighted by molar-refractivity contribution is 7.99. The summed E-state index contributed by atoms with van der Waals surface area (Å²) in [5, 5.41) is 69.5. The van der Waals surface area contributed by atoms with E-state index in [4.69, 9.17) is 14.2 Å². The van der Waals surface area contributed by atoms with Crippen molar-refractivity contribution in [2.24, 2.45) is 0 Å². The van der Waals surface area contributed by atoms with Crippen molar-refractivity contribution in [1.29, 1.82) is 0 Å². The second kappa shape index (κ2) is 9.98. The van der Waals surface area contributed by atoms with Crippen molar-refractivity contribution < 1.29 is 50.0 Å². The smallest absolute Gasteiger partial charge is 0.186 e. The van der Waals surface area contributed by atoms with Gasteiger partial charge in [-0.05, 0) is 12.1 Å². The Hall–Kier alpha value is -0.830. The Morgan fingerprint density at radius 2 is 1.38 bits per heavy atom. The molecule has 1 aromatic rings. The minimum absolute atomic E-state index is 0.348. The Balaban J connectivity index is 1.63. The highest BCUT2D eigenvalue weighted by atomic mass is 32.2. The van der Waals surface area contributed by atoms with Gasteiger partial charge in [0.1, 0.15) is 54.3 Å². The van der Waals surface area contributed by atoms with E-state index < -0.39 is 67.2 Å². The van der Waals surface area contributed by atoms with Gasteiger partial charge in [0, 0.05) is 4.90 Å². The average Bonchev–Trinajstić information content (AvgIpc) is 2.73. The zero-order chi connectivity index (χ0) is 21.1. The molecule has 3 rings (SSSR count). The van der Waals surface area contributed by atoms with Gasteiger partial charge in [-0.3, -0.25) is 0 Å². The summed E-state index contributed by atoms with van der Waals surface area (Å²) >= 11 is 1.16. The monoisotopic (exact) mass is 434 g/mol. The number of thioether (sulfide) groups is 1. The molecule has 164 valence electrons. The standard InChI is InChI=1S/C18H26O10S/c19-6-9-11(20)13(22)15(24)17(27-9)26-7-10-12(21)14(23)16(25)18(28-10)29-8-4-2-1-3-5-8/h1-5,9-25H,6-7H2/t9-,10-,11+,12+,13+,14+,15-,16-,17-,18+/m1/s1. The molecule has 0 unspecified atom stereocenters. The lowest BCUT2D eigenvalue weighted by Crippen LogP contribution is -2.61. The molecule has 11 heteroatoms. The largest absolute Gasteiger partial charge is 0.394 e. The summed E-state index contributed by atoms with van der Waals surface area (Å²) in [5.74, 6) is 0. The van der Waals surface area contributed by atoms with Crippen LogP contribution in [0.25, 0.3) is 0 Å². The van der Waals surface area contributed by atoms with Gasteiger partial charge in [0.2, 0.25) is 0 Å². The van der Waals surface area contributed by atoms with Gasteiger partial charge in [-0.25, -0.2) is 0 Å². The fourth-order valence-corrected chi connectivity index (χ4v) is 4.26. The molecule has 2 heterocycles. The SMILES string of the molecule is OC[C@H]1O[C@@H](OC[C@H]2O[C@@H](Sc3ccccc3)[C@H](O)[C@@H](O)[C@H]2O)[C@H](O)[C@@H](O)[C@H]1O. The minimum atomic E-state index is -1.60. The van der Waals surface area contributed by atoms with Crippen LogP contribution in [0.3, 0.4) is 0 Å². The van der Waals surface area contributed by atoms with Crippen LogP contribution in [0.5, 0.6) is 0 Å². The van der Waals surface area contributed by atoms with E-state index in [9.17, 15) is 35.7 Å². The zero-order valence-electron chi connectivity index (χ0n) is 15.3. The van der Waals surface area contributed by atoms with Crippen LogP contribution in [0.15, 0.2) is 35.2 Å². The van der Waals surface area contributed by atoms with E-state index in [0.717, 1.165) is 16.7 Å². The number of benzene rings is 1. The van der Waals surface area contributed by atoms with Gasteiger partial charge in [-0.15, -0.1) is 0 Å². The van der Waals surface area contributed by atoms with E-state index in [1.165, 1.54) is 0 Å². The Kier molecular flexibility index (Phi) is 7.87. The lowest BCUT2D eigenvalue weighted by atomic mass is 9.99. The summed E-state index contributed by atoms with van der Waals surface area (Å²) in [5.41, 5.74) is -0.890. The average molecular weight is 434 g/mol. The molecule has 0 bridgehead atoms. The van der Waals surface area contributed by atoms with E-state index >= 15 is 0 Å². The predicted molar refractivity (Wildman–Crippen MR) is 98.7 cm³/mol. The quantitative estimate of drug-likeness (QED) is 0.251. The Labute approximate surface area is 171 Å². The molecule has 7 N–H and O–H groups in total. The maximum absolute atomic E-state index is 10.2. The fraction of sp³-hybridized carbons (Fsp3) is 0.667. The molecule has 2 aliphatic rings. The molecule has 10 nitrogen and oxygen atoms in total. The minimum Gasteiger partial charge on any atom is -0.394 e. The van der Waals surface area contributed by atoms with Crippen molar-refractivity contribution in [2.75, 3.05) is 13.2 Å². The highest BCUT2D eigenvalue weighted by Gasteiger charge is 2.47. The first-order valence-electron chi connectivity index (χ1n) is 9.17. The van der Waals surface area contributed by atoms with E-state index in [1.807, 2.05) is 18.2 Å². The lowest BCUT2D eigenvalue weighted by Gasteiger charge is -2.42. The molecule has 29 heavy (non-hydrogen) atoms. The van der Waals surface area contributed by atoms with Crippen molar-refractivity contribution in [3.63, 3.8) is 0 Å². The molecule has 2 aliphatic heterocycles. The van der Waals surface area contributed by atoms with E-state index in [0.29, 0.717) is 0 Å². The molecule has 2 saturated heterocycles. The summed E-state index contributed by atoms with van der Waals surface area (Å²) in [6.45, 7) is -0.951. The molecular formula is C18H26O10S. The summed E-state index contributed by atoms with van der Waals surface area (Å²) in [4.78, 5) is 0.786. The van der Waals surface area contributed by atoms with Gasteiger partial charge < -0.3 is 50.0 Å². The van der Waals surface area contributed by atoms with Crippen LogP contribution in [0.4, 0.5) is 0 Å². The van der Waals surface area contributed by atoms with Gasteiger partial charge in [0.05, 0.1) is 13.2 Å². The van der Waals surface area contributed by atoms with Crippen LogP contribution < -0.4 is 0 Å². The van der Waals surface area contributed by atoms with E-state index in [2.05, 4.69) is 0 Å². The maximum atomic E-state index is 10.2. The van der Waals surface area contributed by atoms with Crippen molar-refractivity contribution in [3.8, 4) is 0 Å². The molecule has 1 aromatic carbocycles. The first-order chi connectivity index (χ1) is 13.8. The number of rotatable bonds is 6. The third-order valence-corrected chi connectivity index (χ3v) is 6.10. The second-order valence-corrected chi connectivity index (χ2v) is 8.15. The van der Waals surface area contributed by atoms with Crippen LogP contribution >= 0.6 is 11.8 Å². The van der Waals surface area contributed by atoms with Crippen molar-refractivity contribution in [1.82, 2.24) is 0 Å². The number of hydrogen-bond donors (Lipinski definition) is 7. The molecule has 0 spiro atoms. The molecular weight excluding hydrogens is 408 g/mol. The number of hydrogen-bond acceptors (Lipinski definition) is 11. The Morgan fingerprint density at radius 3 is 2.03 bits per heavy atom. The van der Waals surface area contributed by atoms with Crippen LogP contribution in [-0.4, -0.2) is 110 Å². The molecule has 0 amide bonds. The third-order valence-electron chi connectivity index (χ3n) is 4.94. The summed E-state index contributed by atoms with van der Waals surface area (Å²) in [7, 11) is 0.